The molecule has 0 amide bonds. The third kappa shape index (κ3) is 3.77. The second kappa shape index (κ2) is 6.00. The Bertz CT molecular complexity index is 499. The van der Waals surface area contributed by atoms with Gasteiger partial charge in [0.2, 0.25) is 0 Å². The second-order valence-electron chi connectivity index (χ2n) is 5.50. The molecule has 6 nitrogen and oxygen atoms in total. The third-order valence-corrected chi connectivity index (χ3v) is 3.38. The summed E-state index contributed by atoms with van der Waals surface area (Å²) in [5.74, 6) is -1.80. The van der Waals surface area contributed by atoms with Gasteiger partial charge in [-0.25, -0.2) is 0 Å². The molecule has 0 aliphatic heterocycles. The minimum atomic E-state index is -1.30. The van der Waals surface area contributed by atoms with Crippen molar-refractivity contribution >= 4 is 5.97 Å². The Labute approximate surface area is 117 Å². The van der Waals surface area contributed by atoms with Crippen LogP contribution in [0, 0.1) is 5.92 Å². The first-order valence-electron chi connectivity index (χ1n) is 6.40. The highest BCUT2D eigenvalue weighted by atomic mass is 16.4. The van der Waals surface area contributed by atoms with Crippen molar-refractivity contribution in [3.05, 3.63) is 17.7 Å². The predicted molar refractivity (Wildman–Crippen MR) is 73.8 cm³/mol. The zero-order valence-electron chi connectivity index (χ0n) is 11.6. The first-order valence-corrected chi connectivity index (χ1v) is 6.40. The molecule has 2 unspecified atom stereocenters. The summed E-state index contributed by atoms with van der Waals surface area (Å²) in [6, 6.07) is 2.51. The monoisotopic (exact) mass is 283 g/mol. The number of nitrogens with two attached hydrogens (primary N) is 1. The minimum Gasteiger partial charge on any atom is -0.508 e. The van der Waals surface area contributed by atoms with Crippen molar-refractivity contribution < 1.29 is 25.2 Å². The highest BCUT2D eigenvalue weighted by Gasteiger charge is 2.29. The van der Waals surface area contributed by atoms with E-state index < -0.39 is 11.5 Å². The molecule has 2 atom stereocenters. The number of carboxylic acid groups (broad SMARTS) is 1. The summed E-state index contributed by atoms with van der Waals surface area (Å²) in [6.45, 7) is 3.31. The van der Waals surface area contributed by atoms with Crippen LogP contribution in [0.4, 0.5) is 0 Å². The zero-order valence-corrected chi connectivity index (χ0v) is 11.6. The molecule has 0 aliphatic rings. The smallest absolute Gasteiger partial charge is 0.323 e. The Kier molecular flexibility index (Phi) is 4.83. The fraction of sp³-hybridized carbons (Fsp3) is 0.500. The van der Waals surface area contributed by atoms with Crippen LogP contribution in [0.25, 0.3) is 0 Å². The van der Waals surface area contributed by atoms with Crippen LogP contribution in [-0.2, 0) is 11.2 Å². The SMILES string of the molecule is CC(CCc1c(O)ccc(O)c1O)CC(C)(N)C(=O)O. The van der Waals surface area contributed by atoms with Gasteiger partial charge in [0, 0.05) is 5.56 Å². The third-order valence-electron chi connectivity index (χ3n) is 3.38. The molecule has 112 valence electrons. The summed E-state index contributed by atoms with van der Waals surface area (Å²) in [6.07, 6.45) is 1.14. The molecule has 0 aromatic heterocycles. The molecule has 0 radical (unpaired) electrons. The van der Waals surface area contributed by atoms with Crippen LogP contribution in [0.15, 0.2) is 12.1 Å². The fourth-order valence-electron chi connectivity index (χ4n) is 2.16. The summed E-state index contributed by atoms with van der Waals surface area (Å²) in [5.41, 5.74) is 4.63. The Morgan fingerprint density at radius 3 is 2.40 bits per heavy atom. The second-order valence-corrected chi connectivity index (χ2v) is 5.50. The first kappa shape index (κ1) is 16.1. The molecule has 1 rings (SSSR count). The molecule has 0 saturated carbocycles. The maximum absolute atomic E-state index is 10.9. The number of aliphatic carboxylic acids is 1. The Hall–Kier alpha value is -1.95. The van der Waals surface area contributed by atoms with E-state index in [1.54, 1.807) is 0 Å². The molecule has 0 bridgehead atoms. The van der Waals surface area contributed by atoms with E-state index in [1.807, 2.05) is 6.92 Å². The number of rotatable bonds is 6. The van der Waals surface area contributed by atoms with Crippen molar-refractivity contribution in [3.63, 3.8) is 0 Å². The standard InChI is InChI=1S/C14H21NO5/c1-8(7-14(2,15)13(19)20)3-4-9-10(16)5-6-11(17)12(9)18/h5-6,8,16-18H,3-4,7,15H2,1-2H3,(H,19,20). The molecule has 20 heavy (non-hydrogen) atoms. The summed E-state index contributed by atoms with van der Waals surface area (Å²) in [7, 11) is 0. The van der Waals surface area contributed by atoms with Crippen LogP contribution >= 0.6 is 0 Å². The normalized spacial score (nSPS) is 15.6. The van der Waals surface area contributed by atoms with Crippen LogP contribution in [-0.4, -0.2) is 31.9 Å². The van der Waals surface area contributed by atoms with E-state index in [2.05, 4.69) is 0 Å². The summed E-state index contributed by atoms with van der Waals surface area (Å²) in [5, 5.41) is 37.7. The van der Waals surface area contributed by atoms with E-state index in [1.165, 1.54) is 19.1 Å². The average molecular weight is 283 g/mol. The number of benzene rings is 1. The molecule has 0 heterocycles. The van der Waals surface area contributed by atoms with Gasteiger partial charge in [-0.15, -0.1) is 0 Å². The van der Waals surface area contributed by atoms with E-state index in [0.717, 1.165) is 0 Å². The Morgan fingerprint density at radius 1 is 1.30 bits per heavy atom. The molecule has 6 N–H and O–H groups in total. The van der Waals surface area contributed by atoms with Gasteiger partial charge in [-0.2, -0.15) is 0 Å². The molecule has 0 aliphatic carbocycles. The fourth-order valence-corrected chi connectivity index (χ4v) is 2.16. The number of carbonyl (C=O) groups is 1. The van der Waals surface area contributed by atoms with Gasteiger partial charge in [-0.3, -0.25) is 4.79 Å². The molecule has 0 spiro atoms. The summed E-state index contributed by atoms with van der Waals surface area (Å²) < 4.78 is 0. The number of phenolic OH excluding ortho intramolecular Hbond substituents is 3. The summed E-state index contributed by atoms with van der Waals surface area (Å²) in [4.78, 5) is 10.9. The van der Waals surface area contributed by atoms with Crippen molar-refractivity contribution in [2.24, 2.45) is 11.7 Å². The number of hydrogen-bond acceptors (Lipinski definition) is 5. The highest BCUT2D eigenvalue weighted by molar-refractivity contribution is 5.77. The minimum absolute atomic E-state index is 0.0118. The highest BCUT2D eigenvalue weighted by Crippen LogP contribution is 2.36. The van der Waals surface area contributed by atoms with Crippen LogP contribution < -0.4 is 5.73 Å². The maximum atomic E-state index is 10.9. The van der Waals surface area contributed by atoms with Gasteiger partial charge in [0.25, 0.3) is 0 Å². The summed E-state index contributed by atoms with van der Waals surface area (Å²) >= 11 is 0. The van der Waals surface area contributed by atoms with E-state index in [4.69, 9.17) is 10.8 Å². The average Bonchev–Trinajstić information content (AvgIpc) is 2.33. The number of phenols is 3. The van der Waals surface area contributed by atoms with Crippen LogP contribution in [0.2, 0.25) is 0 Å². The lowest BCUT2D eigenvalue weighted by Gasteiger charge is -2.23. The van der Waals surface area contributed by atoms with E-state index in [0.29, 0.717) is 12.8 Å². The molecule has 0 fully saturated rings. The predicted octanol–water partition coefficient (Wildman–Crippen LogP) is 1.56. The maximum Gasteiger partial charge on any atom is 0.323 e. The van der Waals surface area contributed by atoms with Crippen molar-refractivity contribution in [1.29, 1.82) is 0 Å². The van der Waals surface area contributed by atoms with Gasteiger partial charge in [0.1, 0.15) is 11.3 Å². The van der Waals surface area contributed by atoms with Crippen LogP contribution in [0.5, 0.6) is 17.2 Å². The lowest BCUT2D eigenvalue weighted by atomic mass is 9.87. The van der Waals surface area contributed by atoms with Crippen molar-refractivity contribution in [1.82, 2.24) is 0 Å². The number of hydrogen-bond donors (Lipinski definition) is 5. The lowest BCUT2D eigenvalue weighted by Crippen LogP contribution is -2.46. The van der Waals surface area contributed by atoms with Gasteiger partial charge in [-0.1, -0.05) is 6.92 Å². The number of aromatic hydroxyl groups is 3. The van der Waals surface area contributed by atoms with Crippen molar-refractivity contribution in [3.8, 4) is 17.2 Å². The van der Waals surface area contributed by atoms with Crippen molar-refractivity contribution in [2.45, 2.75) is 38.6 Å². The Morgan fingerprint density at radius 2 is 1.85 bits per heavy atom. The van der Waals surface area contributed by atoms with Gasteiger partial charge >= 0.3 is 5.97 Å². The topological polar surface area (TPSA) is 124 Å². The van der Waals surface area contributed by atoms with E-state index in [9.17, 15) is 20.1 Å². The van der Waals surface area contributed by atoms with Gasteiger partial charge in [-0.05, 0) is 44.2 Å². The molecule has 1 aromatic carbocycles. The first-order chi connectivity index (χ1) is 9.15. The lowest BCUT2D eigenvalue weighted by molar-refractivity contribution is -0.143. The Balaban J connectivity index is 2.69. The molecular weight excluding hydrogens is 262 g/mol. The quantitative estimate of drug-likeness (QED) is 0.398. The molecule has 1 aromatic rings. The van der Waals surface area contributed by atoms with Crippen LogP contribution in [0.1, 0.15) is 32.3 Å². The molecular formula is C14H21NO5. The van der Waals surface area contributed by atoms with Gasteiger partial charge in [0.05, 0.1) is 0 Å². The number of carboxylic acids is 1. The molecule has 6 heteroatoms. The van der Waals surface area contributed by atoms with Crippen LogP contribution in [0.3, 0.4) is 0 Å². The molecule has 0 saturated heterocycles. The van der Waals surface area contributed by atoms with Gasteiger partial charge in [0.15, 0.2) is 11.5 Å². The zero-order chi connectivity index (χ0) is 15.5. The van der Waals surface area contributed by atoms with E-state index in [-0.39, 0.29) is 35.2 Å². The van der Waals surface area contributed by atoms with Gasteiger partial charge < -0.3 is 26.2 Å². The van der Waals surface area contributed by atoms with Crippen molar-refractivity contribution in [2.75, 3.05) is 0 Å². The van der Waals surface area contributed by atoms with E-state index >= 15 is 0 Å². The largest absolute Gasteiger partial charge is 0.508 e.